The highest BCUT2D eigenvalue weighted by Crippen LogP contribution is 2.51. The van der Waals surface area contributed by atoms with Gasteiger partial charge in [-0.15, -0.1) is 0 Å². The van der Waals surface area contributed by atoms with Gasteiger partial charge < -0.3 is 158 Å². The van der Waals surface area contributed by atoms with E-state index in [1.165, 1.54) is 0 Å². The van der Waals surface area contributed by atoms with Gasteiger partial charge >= 0.3 is 83.3 Å². The highest BCUT2D eigenvalue weighted by molar-refractivity contribution is 7.01. The number of fused-ring (bicyclic) bond motifs is 4. The smallest absolute Gasteiger partial charge is 0.435 e. The highest BCUT2D eigenvalue weighted by Gasteiger charge is 2.88. The quantitative estimate of drug-likeness (QED) is 0.0321. The van der Waals surface area contributed by atoms with Crippen molar-refractivity contribution in [3.05, 3.63) is 0 Å². The predicted octanol–water partition coefficient (Wildman–Crippen LogP) is 7.58. The Morgan fingerprint density at radius 3 is 0.641 bits per heavy atom. The summed E-state index contributed by atoms with van der Waals surface area (Å²) in [6, 6.07) is 4.05. The third kappa shape index (κ3) is 36.1. The van der Waals surface area contributed by atoms with Gasteiger partial charge in [0, 0.05) is 52.9 Å². The summed E-state index contributed by atoms with van der Waals surface area (Å²) in [6.07, 6.45) is 5.14. The van der Waals surface area contributed by atoms with Crippen molar-refractivity contribution in [2.45, 2.75) is 253 Å². The van der Waals surface area contributed by atoms with Gasteiger partial charge in [-0.1, -0.05) is 0 Å². The Bertz CT molecular complexity index is 2900. The molecule has 0 aliphatic carbocycles. The summed E-state index contributed by atoms with van der Waals surface area (Å²) in [4.78, 5) is 0. The summed E-state index contributed by atoms with van der Waals surface area (Å²) < 4.78 is 254. The van der Waals surface area contributed by atoms with Crippen molar-refractivity contribution in [3.8, 4) is 0 Å². The molecule has 53 heteroatoms. The summed E-state index contributed by atoms with van der Waals surface area (Å²) >= 11 is 0. The van der Waals surface area contributed by atoms with Crippen molar-refractivity contribution in [2.75, 3.05) is 159 Å². The predicted molar refractivity (Wildman–Crippen MR) is 453 cm³/mol. The zero-order valence-electron chi connectivity index (χ0n) is 72.1. The van der Waals surface area contributed by atoms with Gasteiger partial charge in [0.05, 0.1) is 106 Å². The van der Waals surface area contributed by atoms with Crippen LogP contribution in [0.3, 0.4) is 0 Å². The van der Waals surface area contributed by atoms with Gasteiger partial charge in [-0.2, -0.15) is 0 Å². The van der Waals surface area contributed by atoms with Crippen molar-refractivity contribution in [3.63, 3.8) is 0 Å². The Morgan fingerprint density at radius 2 is 0.427 bits per heavy atom. The number of ether oxygens (including phenoxy) is 16. The molecule has 12 unspecified atom stereocenters. The van der Waals surface area contributed by atoms with Crippen molar-refractivity contribution in [2.24, 2.45) is 0 Å². The molecule has 0 aromatic rings. The minimum absolute atomic E-state index is 0.0465. The minimum atomic E-state index is -5.68. The van der Waals surface area contributed by atoms with Gasteiger partial charge in [0.25, 0.3) is 0 Å². The molecule has 12 aliphatic heterocycles. The summed E-state index contributed by atoms with van der Waals surface area (Å²) in [7, 11) is -67.0. The first-order valence-electron chi connectivity index (χ1n) is 42.3. The SMILES string of the molecule is C[Si](C)(CCCOCC1CO1)O[Si]O[Si]1(O[Si](C)(C)CCCOCC2CO2)O[Si]2(O[Si](C)(C)CCCOCC3CO3)O[Si]3(O[Si](C)(C)CCCOCC4CO4)O[Si]O[Si]4(O[Si](C)(C)CCCOCC5CO5)O[Si](O[Si](C)(C)CCCOCC5CO5)(O1)O[Si](O[Si](C)(C)CCCOCC1CO1)(O2)O[Si](O[Si](C)(C)CCCOCC1CO1)(O3)O4. The van der Waals surface area contributed by atoms with Gasteiger partial charge in [-0.05, 0) is 204 Å². The van der Waals surface area contributed by atoms with Crippen molar-refractivity contribution in [1.82, 2.24) is 0 Å². The molecule has 0 amide bonds. The summed E-state index contributed by atoms with van der Waals surface area (Å²) in [5.41, 5.74) is 0. The van der Waals surface area contributed by atoms with E-state index in [1.807, 2.05) is 0 Å². The molecule has 4 radical (unpaired) electrons. The van der Waals surface area contributed by atoms with Gasteiger partial charge in [0.15, 0.2) is 66.5 Å². The summed E-state index contributed by atoms with van der Waals surface area (Å²) in [5.74, 6) is 0. The van der Waals surface area contributed by atoms with Gasteiger partial charge in [-0.3, -0.25) is 0 Å². The Morgan fingerprint density at radius 1 is 0.248 bits per heavy atom. The molecule has 0 spiro atoms. The molecule has 12 heterocycles. The van der Waals surface area contributed by atoms with E-state index in [9.17, 15) is 0 Å². The lowest BCUT2D eigenvalue weighted by molar-refractivity contribution is -0.0963. The van der Waals surface area contributed by atoms with E-state index in [4.69, 9.17) is 158 Å². The molecule has 6 bridgehead atoms. The summed E-state index contributed by atoms with van der Waals surface area (Å²) in [5, 5.41) is 0. The molecule has 0 aromatic carbocycles. The van der Waals surface area contributed by atoms with E-state index in [0.29, 0.717) is 258 Å². The van der Waals surface area contributed by atoms with Gasteiger partial charge in [0.2, 0.25) is 0 Å². The minimum Gasteiger partial charge on any atom is -0.435 e. The molecular formula is C64H136O36Si17. The first kappa shape index (κ1) is 98.3. The van der Waals surface area contributed by atoms with Crippen LogP contribution in [0, 0.1) is 0 Å². The van der Waals surface area contributed by atoms with Crippen LogP contribution in [0.4, 0.5) is 0 Å². The fourth-order valence-corrected chi connectivity index (χ4v) is 80.3. The second-order valence-electron chi connectivity index (χ2n) is 36.9. The molecule has 12 fully saturated rings. The van der Waals surface area contributed by atoms with Gasteiger partial charge in [-0.25, -0.2) is 0 Å². The van der Waals surface area contributed by atoms with Crippen LogP contribution in [0.2, 0.25) is 153 Å². The molecular weight excluding hydrogens is 1820 g/mol. The molecule has 12 aliphatic rings. The monoisotopic (exact) mass is 1960 g/mol. The average molecular weight is 1960 g/mol. The molecule has 36 nitrogen and oxygen atoms in total. The van der Waals surface area contributed by atoms with Crippen LogP contribution in [0.5, 0.6) is 0 Å². The van der Waals surface area contributed by atoms with E-state index in [0.717, 1.165) is 0 Å². The topological polar surface area (TPSA) is 359 Å². The van der Waals surface area contributed by atoms with E-state index in [1.54, 1.807) is 0 Å². The standard InChI is InChI=1S/C64H136O36Si17/c1-103(2,33-17-25-65-41-57-49-73-57)81-101-82-111(85-104(3,4)34-18-26-66-42-58-50-74-58)92-114(88-107(9,10)37-21-29-69-45-61-53-77-61)94-112(86-105(5,6)35-19-27-67-43-59-51-75-59)83-102-84-113(87-106(7,8)36-20-28-68-44-60-52-76-60)95-115(93-111,89-108(11,12)38-22-30-70-46-62-54-78-62)99-117(98-114,91-110(15,16)40-24-32-72-48-64-56-80-64)100-116(96-112,97-113)90-109(13,14)39-23-31-71-47-63-55-79-63/h57-64H,17-56H2,1-16H3. The molecule has 676 valence electrons. The normalized spacial score (nSPS) is 33.4. The Kier molecular flexibility index (Phi) is 36.2. The number of hydrogen-bond donors (Lipinski definition) is 0. The molecule has 0 aromatic heterocycles. The molecule has 117 heavy (non-hydrogen) atoms. The molecule has 12 saturated heterocycles. The van der Waals surface area contributed by atoms with E-state index in [2.05, 4.69) is 105 Å². The van der Waals surface area contributed by atoms with Crippen molar-refractivity contribution in [1.29, 1.82) is 0 Å². The molecule has 0 saturated carbocycles. The lowest BCUT2D eigenvalue weighted by Gasteiger charge is -2.57. The fourth-order valence-electron chi connectivity index (χ4n) is 13.2. The lowest BCUT2D eigenvalue weighted by atomic mass is 10.5. The maximum Gasteiger partial charge on any atom is 0.651 e. The van der Waals surface area contributed by atoms with Crippen LogP contribution in [-0.4, -0.2) is 357 Å². The Balaban J connectivity index is 1.06. The lowest BCUT2D eigenvalue weighted by Crippen LogP contribution is -2.88. The van der Waals surface area contributed by atoms with Crippen molar-refractivity contribution >= 4 is 150 Å². The van der Waals surface area contributed by atoms with Crippen LogP contribution in [0.25, 0.3) is 0 Å². The van der Waals surface area contributed by atoms with Crippen LogP contribution in [-0.2, 0) is 158 Å². The number of hydrogen-bond acceptors (Lipinski definition) is 36. The summed E-state index contributed by atoms with van der Waals surface area (Å²) in [6.45, 7) is 45.5. The number of rotatable bonds is 66. The molecule has 12 atom stereocenters. The second-order valence-corrected chi connectivity index (χ2v) is 92.7. The third-order valence-electron chi connectivity index (χ3n) is 20.1. The molecule has 12 rings (SSSR count). The van der Waals surface area contributed by atoms with E-state index in [-0.39, 0.29) is 48.8 Å². The van der Waals surface area contributed by atoms with Crippen molar-refractivity contribution < 1.29 is 158 Å². The van der Waals surface area contributed by atoms with Gasteiger partial charge in [0.1, 0.15) is 48.8 Å². The van der Waals surface area contributed by atoms with E-state index < -0.39 is 150 Å². The first-order valence-corrected chi connectivity index (χ1v) is 80.3. The maximum absolute atomic E-state index is 8.33. The first-order chi connectivity index (χ1) is 55.4. The largest absolute Gasteiger partial charge is 0.651 e. The van der Waals surface area contributed by atoms with E-state index >= 15 is 0 Å². The van der Waals surface area contributed by atoms with Crippen LogP contribution in [0.15, 0.2) is 0 Å². The zero-order valence-corrected chi connectivity index (χ0v) is 89.1. The third-order valence-corrected chi connectivity index (χ3v) is 79.5. The Labute approximate surface area is 715 Å². The zero-order chi connectivity index (χ0) is 83.3. The average Bonchev–Trinajstić information content (AvgIpc) is 1.69. The fraction of sp³-hybridized carbons (Fsp3) is 1.00. The molecule has 0 N–H and O–H groups in total. The second kappa shape index (κ2) is 43.1. The highest BCUT2D eigenvalue weighted by atomic mass is 28.7. The van der Waals surface area contributed by atoms with Crippen LogP contribution in [0.1, 0.15) is 51.4 Å². The number of epoxide rings is 8. The van der Waals surface area contributed by atoms with Crippen LogP contribution >= 0.6 is 0 Å². The maximum atomic E-state index is 8.33. The van der Waals surface area contributed by atoms with Crippen LogP contribution < -0.4 is 0 Å². The Hall–Kier alpha value is 2.25.